The fourth-order valence-corrected chi connectivity index (χ4v) is 1.63. The highest BCUT2D eigenvalue weighted by Crippen LogP contribution is 2.19. The summed E-state index contributed by atoms with van der Waals surface area (Å²) in [6.45, 7) is 9.58. The average Bonchev–Trinajstić information content (AvgIpc) is 2.28. The number of para-hydroxylation sites is 1. The van der Waals surface area contributed by atoms with Gasteiger partial charge in [0.05, 0.1) is 0 Å². The molecule has 0 heterocycles. The molecule has 1 rings (SSSR count). The zero-order valence-electron chi connectivity index (χ0n) is 11.3. The molecule has 0 saturated heterocycles. The number of ether oxygens (including phenoxy) is 1. The Morgan fingerprint density at radius 3 is 2.41 bits per heavy atom. The van der Waals surface area contributed by atoms with Crippen molar-refractivity contribution in [3.8, 4) is 5.75 Å². The Morgan fingerprint density at radius 1 is 1.06 bits per heavy atom. The van der Waals surface area contributed by atoms with Crippen molar-refractivity contribution in [2.45, 2.75) is 33.6 Å². The number of benzene rings is 1. The molecule has 1 N–H and O–H groups in total. The molecule has 0 spiro atoms. The van der Waals surface area contributed by atoms with E-state index >= 15 is 0 Å². The van der Waals surface area contributed by atoms with Gasteiger partial charge in [-0.1, -0.05) is 39.0 Å². The summed E-state index contributed by atoms with van der Waals surface area (Å²) < 4.78 is 5.59. The molecule has 0 aliphatic carbocycles. The standard InChI is InChI=1S/C15H25NO/c1-15(2,3)10-7-11-16-12-13-17-14-8-5-4-6-9-14/h4-6,8-9,16H,7,10-13H2,1-3H3. The van der Waals surface area contributed by atoms with Gasteiger partial charge in [-0.05, 0) is 36.9 Å². The van der Waals surface area contributed by atoms with Crippen LogP contribution in [0.1, 0.15) is 33.6 Å². The molecule has 2 heteroatoms. The van der Waals surface area contributed by atoms with Crippen LogP contribution in [0.15, 0.2) is 30.3 Å². The van der Waals surface area contributed by atoms with Gasteiger partial charge in [-0.25, -0.2) is 0 Å². The molecule has 0 aliphatic heterocycles. The minimum Gasteiger partial charge on any atom is -0.492 e. The third-order valence-electron chi connectivity index (χ3n) is 2.57. The summed E-state index contributed by atoms with van der Waals surface area (Å²) in [6, 6.07) is 9.95. The smallest absolute Gasteiger partial charge is 0.119 e. The van der Waals surface area contributed by atoms with Gasteiger partial charge in [-0.2, -0.15) is 0 Å². The van der Waals surface area contributed by atoms with Crippen LogP contribution in [0.5, 0.6) is 5.75 Å². The van der Waals surface area contributed by atoms with E-state index in [2.05, 4.69) is 26.1 Å². The lowest BCUT2D eigenvalue weighted by Crippen LogP contribution is -2.23. The second kappa shape index (κ2) is 7.33. The SMILES string of the molecule is CC(C)(C)CCCNCCOc1ccccc1. The first-order valence-corrected chi connectivity index (χ1v) is 6.46. The van der Waals surface area contributed by atoms with Crippen LogP contribution in [0.2, 0.25) is 0 Å². The Bertz CT molecular complexity index is 290. The molecular formula is C15H25NO. The van der Waals surface area contributed by atoms with Crippen LogP contribution in [0.25, 0.3) is 0 Å². The summed E-state index contributed by atoms with van der Waals surface area (Å²) in [5.41, 5.74) is 0.447. The van der Waals surface area contributed by atoms with Crippen molar-refractivity contribution in [1.29, 1.82) is 0 Å². The van der Waals surface area contributed by atoms with Gasteiger partial charge in [-0.15, -0.1) is 0 Å². The number of nitrogens with one attached hydrogen (secondary N) is 1. The van der Waals surface area contributed by atoms with E-state index in [1.165, 1.54) is 12.8 Å². The Kier molecular flexibility index (Phi) is 6.06. The first-order chi connectivity index (χ1) is 8.08. The van der Waals surface area contributed by atoms with Crippen LogP contribution in [-0.4, -0.2) is 19.7 Å². The lowest BCUT2D eigenvalue weighted by Gasteiger charge is -2.17. The summed E-state index contributed by atoms with van der Waals surface area (Å²) in [6.07, 6.45) is 2.49. The maximum atomic E-state index is 5.59. The maximum absolute atomic E-state index is 5.59. The molecule has 0 bridgehead atoms. The van der Waals surface area contributed by atoms with Crippen molar-refractivity contribution >= 4 is 0 Å². The first kappa shape index (κ1) is 14.0. The van der Waals surface area contributed by atoms with Crippen molar-refractivity contribution in [1.82, 2.24) is 5.32 Å². The van der Waals surface area contributed by atoms with Gasteiger partial charge in [0.1, 0.15) is 12.4 Å². The van der Waals surface area contributed by atoms with Crippen LogP contribution in [0.4, 0.5) is 0 Å². The Labute approximate surface area is 105 Å². The molecule has 2 nitrogen and oxygen atoms in total. The van der Waals surface area contributed by atoms with Gasteiger partial charge in [0.2, 0.25) is 0 Å². The van der Waals surface area contributed by atoms with E-state index in [0.717, 1.165) is 25.4 Å². The van der Waals surface area contributed by atoms with Crippen LogP contribution in [-0.2, 0) is 0 Å². The Balaban J connectivity index is 1.95. The largest absolute Gasteiger partial charge is 0.492 e. The predicted octanol–water partition coefficient (Wildman–Crippen LogP) is 3.48. The number of hydrogen-bond donors (Lipinski definition) is 1. The molecule has 0 amide bonds. The van der Waals surface area contributed by atoms with E-state index in [1.807, 2.05) is 30.3 Å². The van der Waals surface area contributed by atoms with Crippen molar-refractivity contribution in [2.24, 2.45) is 5.41 Å². The molecule has 0 atom stereocenters. The minimum atomic E-state index is 0.447. The lowest BCUT2D eigenvalue weighted by atomic mass is 9.91. The van der Waals surface area contributed by atoms with Gasteiger partial charge >= 0.3 is 0 Å². The molecule has 0 unspecified atom stereocenters. The van der Waals surface area contributed by atoms with E-state index in [1.54, 1.807) is 0 Å². The molecule has 0 radical (unpaired) electrons. The second-order valence-electron chi connectivity index (χ2n) is 5.58. The normalized spacial score (nSPS) is 11.5. The third kappa shape index (κ3) is 7.81. The highest BCUT2D eigenvalue weighted by molar-refractivity contribution is 5.20. The fourth-order valence-electron chi connectivity index (χ4n) is 1.63. The molecule has 17 heavy (non-hydrogen) atoms. The van der Waals surface area contributed by atoms with E-state index in [-0.39, 0.29) is 0 Å². The van der Waals surface area contributed by atoms with Crippen molar-refractivity contribution < 1.29 is 4.74 Å². The number of hydrogen-bond acceptors (Lipinski definition) is 2. The lowest BCUT2D eigenvalue weighted by molar-refractivity contribution is 0.309. The Hall–Kier alpha value is -1.02. The van der Waals surface area contributed by atoms with E-state index in [9.17, 15) is 0 Å². The number of rotatable bonds is 7. The monoisotopic (exact) mass is 235 g/mol. The zero-order valence-corrected chi connectivity index (χ0v) is 11.3. The van der Waals surface area contributed by atoms with Crippen molar-refractivity contribution in [3.05, 3.63) is 30.3 Å². The van der Waals surface area contributed by atoms with Crippen LogP contribution in [0, 0.1) is 5.41 Å². The topological polar surface area (TPSA) is 21.3 Å². The van der Waals surface area contributed by atoms with Crippen LogP contribution < -0.4 is 10.1 Å². The van der Waals surface area contributed by atoms with Gasteiger partial charge < -0.3 is 10.1 Å². The van der Waals surface area contributed by atoms with E-state index < -0.39 is 0 Å². The summed E-state index contributed by atoms with van der Waals surface area (Å²) in [5.74, 6) is 0.948. The fraction of sp³-hybridized carbons (Fsp3) is 0.600. The van der Waals surface area contributed by atoms with Gasteiger partial charge in [-0.3, -0.25) is 0 Å². The second-order valence-corrected chi connectivity index (χ2v) is 5.58. The molecule has 0 aliphatic rings. The Morgan fingerprint density at radius 2 is 1.76 bits per heavy atom. The third-order valence-corrected chi connectivity index (χ3v) is 2.57. The highest BCUT2D eigenvalue weighted by atomic mass is 16.5. The van der Waals surface area contributed by atoms with Gasteiger partial charge in [0.25, 0.3) is 0 Å². The molecule has 0 fully saturated rings. The summed E-state index contributed by atoms with van der Waals surface area (Å²) in [7, 11) is 0. The quantitative estimate of drug-likeness (QED) is 0.731. The first-order valence-electron chi connectivity index (χ1n) is 6.46. The predicted molar refractivity (Wildman–Crippen MR) is 73.5 cm³/mol. The summed E-state index contributed by atoms with van der Waals surface area (Å²) in [4.78, 5) is 0. The zero-order chi connectivity index (χ0) is 12.6. The summed E-state index contributed by atoms with van der Waals surface area (Å²) in [5, 5.41) is 3.40. The van der Waals surface area contributed by atoms with Crippen LogP contribution in [0.3, 0.4) is 0 Å². The van der Waals surface area contributed by atoms with Crippen LogP contribution >= 0.6 is 0 Å². The minimum absolute atomic E-state index is 0.447. The molecule has 0 saturated carbocycles. The molecule has 1 aromatic carbocycles. The van der Waals surface area contributed by atoms with Gasteiger partial charge in [0, 0.05) is 6.54 Å². The average molecular weight is 235 g/mol. The van der Waals surface area contributed by atoms with E-state index in [4.69, 9.17) is 4.74 Å². The maximum Gasteiger partial charge on any atom is 0.119 e. The van der Waals surface area contributed by atoms with Crippen molar-refractivity contribution in [3.63, 3.8) is 0 Å². The highest BCUT2D eigenvalue weighted by Gasteiger charge is 2.08. The van der Waals surface area contributed by atoms with Crippen molar-refractivity contribution in [2.75, 3.05) is 19.7 Å². The molecule has 1 aromatic rings. The summed E-state index contributed by atoms with van der Waals surface area (Å²) >= 11 is 0. The molecule has 96 valence electrons. The molecular weight excluding hydrogens is 210 g/mol. The van der Waals surface area contributed by atoms with E-state index in [0.29, 0.717) is 5.41 Å². The van der Waals surface area contributed by atoms with Gasteiger partial charge in [0.15, 0.2) is 0 Å². The molecule has 0 aromatic heterocycles.